The highest BCUT2D eigenvalue weighted by molar-refractivity contribution is 6.17. The summed E-state index contributed by atoms with van der Waals surface area (Å²) in [6, 6.07) is 8.55. The van der Waals surface area contributed by atoms with Crippen LogP contribution in [0, 0.1) is 0 Å². The van der Waals surface area contributed by atoms with Gasteiger partial charge in [-0.25, -0.2) is 4.79 Å². The number of carbonyl (C=O) groups excluding carboxylic acids is 1. The third-order valence-corrected chi connectivity index (χ3v) is 4.95. The van der Waals surface area contributed by atoms with Crippen molar-refractivity contribution >= 4 is 17.6 Å². The molecule has 1 unspecified atom stereocenters. The number of carbonyl (C=O) groups is 1. The number of hydrogen-bond donors (Lipinski definition) is 0. The van der Waals surface area contributed by atoms with Crippen LogP contribution in [0.25, 0.3) is 0 Å². The largest absolute Gasteiger partial charge is 0.459 e. The summed E-state index contributed by atoms with van der Waals surface area (Å²) in [5.74, 6) is 0.199. The SMILES string of the molecule is CN1[C@@H]2CC[C@H]1CC(OC(=O)c1cccc(CCl)c1)C2. The number of piperidine rings is 1. The van der Waals surface area contributed by atoms with Gasteiger partial charge >= 0.3 is 5.97 Å². The van der Waals surface area contributed by atoms with Gasteiger partial charge in [0.15, 0.2) is 0 Å². The lowest BCUT2D eigenvalue weighted by atomic mass is 10.0. The Balaban J connectivity index is 1.64. The maximum absolute atomic E-state index is 12.2. The number of benzene rings is 1. The molecule has 0 amide bonds. The zero-order valence-corrected chi connectivity index (χ0v) is 12.5. The van der Waals surface area contributed by atoms with Crippen LogP contribution in [-0.2, 0) is 10.6 Å². The Kier molecular flexibility index (Phi) is 3.99. The van der Waals surface area contributed by atoms with Gasteiger partial charge in [-0.15, -0.1) is 11.6 Å². The zero-order chi connectivity index (χ0) is 14.1. The lowest BCUT2D eigenvalue weighted by Crippen LogP contribution is -2.43. The molecule has 4 heteroatoms. The molecule has 1 aromatic rings. The van der Waals surface area contributed by atoms with Gasteiger partial charge in [0.1, 0.15) is 6.10 Å². The molecule has 2 heterocycles. The van der Waals surface area contributed by atoms with Gasteiger partial charge < -0.3 is 9.64 Å². The second-order valence-electron chi connectivity index (χ2n) is 5.88. The minimum absolute atomic E-state index is 0.0656. The van der Waals surface area contributed by atoms with E-state index in [2.05, 4.69) is 11.9 Å². The van der Waals surface area contributed by atoms with E-state index in [1.165, 1.54) is 12.8 Å². The minimum atomic E-state index is -0.217. The summed E-state index contributed by atoms with van der Waals surface area (Å²) >= 11 is 5.80. The van der Waals surface area contributed by atoms with Crippen LogP contribution in [0.1, 0.15) is 41.6 Å². The van der Waals surface area contributed by atoms with Crippen LogP contribution in [0.15, 0.2) is 24.3 Å². The second kappa shape index (κ2) is 5.74. The van der Waals surface area contributed by atoms with E-state index in [0.717, 1.165) is 18.4 Å². The molecule has 1 aromatic carbocycles. The number of ether oxygens (including phenoxy) is 1. The Hall–Kier alpha value is -1.06. The topological polar surface area (TPSA) is 29.5 Å². The van der Waals surface area contributed by atoms with Crippen LogP contribution in [-0.4, -0.2) is 36.1 Å². The number of hydrogen-bond acceptors (Lipinski definition) is 3. The summed E-state index contributed by atoms with van der Waals surface area (Å²) in [5.41, 5.74) is 1.55. The lowest BCUT2D eigenvalue weighted by molar-refractivity contribution is -0.000456. The maximum atomic E-state index is 12.2. The van der Waals surface area contributed by atoms with Crippen LogP contribution < -0.4 is 0 Å². The number of nitrogens with zero attached hydrogens (tertiary/aromatic N) is 1. The first-order valence-corrected chi connectivity index (χ1v) is 7.78. The highest BCUT2D eigenvalue weighted by Gasteiger charge is 2.39. The molecule has 20 heavy (non-hydrogen) atoms. The van der Waals surface area contributed by atoms with Gasteiger partial charge in [0.05, 0.1) is 5.56 Å². The minimum Gasteiger partial charge on any atom is -0.459 e. The van der Waals surface area contributed by atoms with E-state index in [4.69, 9.17) is 16.3 Å². The quantitative estimate of drug-likeness (QED) is 0.633. The van der Waals surface area contributed by atoms with Gasteiger partial charge in [-0.3, -0.25) is 0 Å². The van der Waals surface area contributed by atoms with E-state index in [-0.39, 0.29) is 12.1 Å². The smallest absolute Gasteiger partial charge is 0.338 e. The standard InChI is InChI=1S/C16H20ClNO2/c1-18-13-5-6-14(18)9-15(8-13)20-16(19)12-4-2-3-11(7-12)10-17/h2-4,7,13-15H,5-6,8-10H2,1H3/t13-,14+,15?. The number of alkyl halides is 1. The van der Waals surface area contributed by atoms with Crippen molar-refractivity contribution in [3.05, 3.63) is 35.4 Å². The average Bonchev–Trinajstić information content (AvgIpc) is 2.69. The van der Waals surface area contributed by atoms with Crippen molar-refractivity contribution in [2.75, 3.05) is 7.05 Å². The molecule has 2 aliphatic heterocycles. The first-order valence-electron chi connectivity index (χ1n) is 7.25. The van der Waals surface area contributed by atoms with Crippen molar-refractivity contribution in [1.82, 2.24) is 4.90 Å². The summed E-state index contributed by atoms with van der Waals surface area (Å²) in [7, 11) is 2.18. The molecular weight excluding hydrogens is 274 g/mol. The van der Waals surface area contributed by atoms with Crippen LogP contribution in [0.2, 0.25) is 0 Å². The van der Waals surface area contributed by atoms with Crippen molar-refractivity contribution in [3.63, 3.8) is 0 Å². The fourth-order valence-corrected chi connectivity index (χ4v) is 3.62. The summed E-state index contributed by atoms with van der Waals surface area (Å²) in [4.78, 5) is 14.7. The number of fused-ring (bicyclic) bond motifs is 2. The average molecular weight is 294 g/mol. The molecule has 3 atom stereocenters. The van der Waals surface area contributed by atoms with Gasteiger partial charge in [-0.2, -0.15) is 0 Å². The predicted octanol–water partition coefficient (Wildman–Crippen LogP) is 3.21. The molecule has 0 radical (unpaired) electrons. The van der Waals surface area contributed by atoms with Crippen molar-refractivity contribution in [1.29, 1.82) is 0 Å². The number of rotatable bonds is 3. The van der Waals surface area contributed by atoms with Gasteiger partial charge in [0.2, 0.25) is 0 Å². The number of esters is 1. The summed E-state index contributed by atoms with van der Waals surface area (Å²) in [6.45, 7) is 0. The van der Waals surface area contributed by atoms with Crippen LogP contribution in [0.5, 0.6) is 0 Å². The van der Waals surface area contributed by atoms with Crippen molar-refractivity contribution < 1.29 is 9.53 Å². The normalized spacial score (nSPS) is 29.4. The predicted molar refractivity (Wildman–Crippen MR) is 79.0 cm³/mol. The summed E-state index contributed by atoms with van der Waals surface area (Å²) < 4.78 is 5.70. The van der Waals surface area contributed by atoms with Gasteiger partial charge in [0.25, 0.3) is 0 Å². The molecule has 0 N–H and O–H groups in total. The molecule has 2 aliphatic rings. The van der Waals surface area contributed by atoms with Crippen LogP contribution in [0.3, 0.4) is 0 Å². The summed E-state index contributed by atoms with van der Waals surface area (Å²) in [6.07, 6.45) is 4.46. The Bertz CT molecular complexity index is 491. The Morgan fingerprint density at radius 2 is 2.05 bits per heavy atom. The fourth-order valence-electron chi connectivity index (χ4n) is 3.46. The molecule has 3 rings (SSSR count). The molecule has 0 aromatic heterocycles. The summed E-state index contributed by atoms with van der Waals surface area (Å²) in [5, 5.41) is 0. The Morgan fingerprint density at radius 1 is 1.35 bits per heavy atom. The van der Waals surface area contributed by atoms with E-state index < -0.39 is 0 Å². The molecule has 2 saturated heterocycles. The fraction of sp³-hybridized carbons (Fsp3) is 0.562. The monoisotopic (exact) mass is 293 g/mol. The van der Waals surface area contributed by atoms with Gasteiger partial charge in [-0.1, -0.05) is 12.1 Å². The first kappa shape index (κ1) is 13.9. The first-order chi connectivity index (χ1) is 9.67. The molecular formula is C16H20ClNO2. The van der Waals surface area contributed by atoms with Gasteiger partial charge in [-0.05, 0) is 37.6 Å². The third-order valence-electron chi connectivity index (χ3n) is 4.65. The Morgan fingerprint density at radius 3 is 2.70 bits per heavy atom. The lowest BCUT2D eigenvalue weighted by Gasteiger charge is -2.35. The van der Waals surface area contributed by atoms with Crippen molar-refractivity contribution in [2.45, 2.75) is 49.8 Å². The van der Waals surface area contributed by atoms with Gasteiger partial charge in [0, 0.05) is 30.8 Å². The van der Waals surface area contributed by atoms with E-state index in [0.29, 0.717) is 23.5 Å². The van der Waals surface area contributed by atoms with E-state index in [9.17, 15) is 4.79 Å². The molecule has 3 nitrogen and oxygen atoms in total. The Labute approximate surface area is 124 Å². The van der Waals surface area contributed by atoms with E-state index in [1.807, 2.05) is 18.2 Å². The van der Waals surface area contributed by atoms with Crippen molar-refractivity contribution in [3.8, 4) is 0 Å². The molecule has 0 spiro atoms. The zero-order valence-electron chi connectivity index (χ0n) is 11.7. The third kappa shape index (κ3) is 2.70. The van der Waals surface area contributed by atoms with E-state index in [1.54, 1.807) is 6.07 Å². The second-order valence-corrected chi connectivity index (χ2v) is 6.15. The highest BCUT2D eigenvalue weighted by Crippen LogP contribution is 2.35. The molecule has 2 fully saturated rings. The maximum Gasteiger partial charge on any atom is 0.338 e. The molecule has 108 valence electrons. The molecule has 0 saturated carbocycles. The molecule has 2 bridgehead atoms. The van der Waals surface area contributed by atoms with Crippen molar-refractivity contribution in [2.24, 2.45) is 0 Å². The number of halogens is 1. The van der Waals surface area contributed by atoms with Crippen LogP contribution in [0.4, 0.5) is 0 Å². The highest BCUT2D eigenvalue weighted by atomic mass is 35.5. The molecule has 0 aliphatic carbocycles. The van der Waals surface area contributed by atoms with Crippen LogP contribution >= 0.6 is 11.6 Å². The van der Waals surface area contributed by atoms with E-state index >= 15 is 0 Å².